The van der Waals surface area contributed by atoms with Crippen molar-refractivity contribution in [1.82, 2.24) is 0 Å². The second kappa shape index (κ2) is 7.58. The van der Waals surface area contributed by atoms with Crippen molar-refractivity contribution >= 4 is 5.97 Å². The summed E-state index contributed by atoms with van der Waals surface area (Å²) in [6.45, 7) is 14.7. The maximum atomic E-state index is 12.8. The van der Waals surface area contributed by atoms with Gasteiger partial charge in [0.1, 0.15) is 6.10 Å². The number of allylic oxidation sites excluding steroid dienone is 1. The average molecular weight is 505 g/mol. The van der Waals surface area contributed by atoms with Gasteiger partial charge in [-0.1, -0.05) is 53.2 Å². The lowest BCUT2D eigenvalue weighted by Crippen LogP contribution is -2.72. The summed E-state index contributed by atoms with van der Waals surface area (Å²) in [6.07, 6.45) is 4.02. The lowest BCUT2D eigenvalue weighted by Gasteiger charge is -2.72. The zero-order valence-electron chi connectivity index (χ0n) is 23.2. The molecule has 4 saturated carbocycles. The van der Waals surface area contributed by atoms with E-state index in [-0.39, 0.29) is 28.6 Å². The van der Waals surface area contributed by atoms with Gasteiger partial charge in [0, 0.05) is 11.3 Å². The third-order valence-corrected chi connectivity index (χ3v) is 13.6. The Labute approximate surface area is 216 Å². The minimum atomic E-state index is -1.20. The highest BCUT2D eigenvalue weighted by molar-refractivity contribution is 5.77. The Balaban J connectivity index is 1.67. The van der Waals surface area contributed by atoms with Gasteiger partial charge in [-0.15, -0.1) is 0 Å². The number of fused-ring (bicyclic) bond motifs is 7. The topological polar surface area (TPSA) is 118 Å². The first-order chi connectivity index (χ1) is 16.4. The number of hydrogen-bond acceptors (Lipinski definition) is 5. The summed E-state index contributed by atoms with van der Waals surface area (Å²) in [5.74, 6) is -1.10. The van der Waals surface area contributed by atoms with Crippen molar-refractivity contribution in [3.05, 3.63) is 11.6 Å². The van der Waals surface area contributed by atoms with Crippen molar-refractivity contribution in [2.24, 2.45) is 50.7 Å². The third kappa shape index (κ3) is 2.80. The number of carboxylic acids is 1. The van der Waals surface area contributed by atoms with E-state index in [4.69, 9.17) is 0 Å². The summed E-state index contributed by atoms with van der Waals surface area (Å²) in [6, 6.07) is 0. The highest BCUT2D eigenvalue weighted by Gasteiger charge is 2.73. The van der Waals surface area contributed by atoms with Crippen LogP contribution < -0.4 is 0 Å². The largest absolute Gasteiger partial charge is 0.481 e. The lowest BCUT2D eigenvalue weighted by atomic mass is 9.32. The zero-order chi connectivity index (χ0) is 26.9. The molecule has 0 amide bonds. The van der Waals surface area contributed by atoms with Crippen molar-refractivity contribution in [3.8, 4) is 0 Å². The second-order valence-corrected chi connectivity index (χ2v) is 14.9. The molecule has 0 unspecified atom stereocenters. The fourth-order valence-corrected chi connectivity index (χ4v) is 10.9. The van der Waals surface area contributed by atoms with Gasteiger partial charge in [0.25, 0.3) is 0 Å². The number of hydrogen-bond donors (Lipinski definition) is 5. The van der Waals surface area contributed by atoms with E-state index in [1.807, 2.05) is 27.7 Å². The van der Waals surface area contributed by atoms with Crippen LogP contribution in [0.5, 0.6) is 0 Å². The third-order valence-electron chi connectivity index (χ3n) is 13.6. The van der Waals surface area contributed by atoms with E-state index >= 15 is 0 Å². The number of aliphatic carboxylic acids is 1. The van der Waals surface area contributed by atoms with Gasteiger partial charge in [0.15, 0.2) is 0 Å². The van der Waals surface area contributed by atoms with Crippen LogP contribution in [0.15, 0.2) is 11.6 Å². The van der Waals surface area contributed by atoms with Crippen LogP contribution in [0.25, 0.3) is 0 Å². The van der Waals surface area contributed by atoms with Crippen molar-refractivity contribution in [2.45, 2.75) is 117 Å². The molecule has 36 heavy (non-hydrogen) atoms. The van der Waals surface area contributed by atoms with Crippen molar-refractivity contribution < 1.29 is 30.3 Å². The van der Waals surface area contributed by atoms with Crippen LogP contribution in [0.3, 0.4) is 0 Å². The molecule has 0 aromatic rings. The fraction of sp³-hybridized carbons (Fsp3) is 0.900. The molecule has 5 aliphatic carbocycles. The molecule has 5 rings (SSSR count). The lowest BCUT2D eigenvalue weighted by molar-refractivity contribution is -0.279. The van der Waals surface area contributed by atoms with E-state index in [2.05, 4.69) is 26.8 Å². The Morgan fingerprint density at radius 2 is 1.53 bits per heavy atom. The van der Waals surface area contributed by atoms with Crippen molar-refractivity contribution in [1.29, 1.82) is 0 Å². The first kappa shape index (κ1) is 26.6. The Morgan fingerprint density at radius 1 is 0.889 bits per heavy atom. The highest BCUT2D eigenvalue weighted by Crippen LogP contribution is 2.76. The molecule has 5 N–H and O–H groups in total. The van der Waals surface area contributed by atoms with Gasteiger partial charge >= 0.3 is 5.97 Å². The minimum absolute atomic E-state index is 0.00890. The molecule has 6 nitrogen and oxygen atoms in total. The molecule has 4 fully saturated rings. The van der Waals surface area contributed by atoms with Gasteiger partial charge < -0.3 is 25.5 Å². The van der Waals surface area contributed by atoms with Crippen molar-refractivity contribution in [2.75, 3.05) is 0 Å². The monoisotopic (exact) mass is 504 g/mol. The molecular formula is C30H48O6. The average Bonchev–Trinajstić information content (AvgIpc) is 2.79. The van der Waals surface area contributed by atoms with Gasteiger partial charge in [-0.05, 0) is 85.9 Å². The molecule has 204 valence electrons. The van der Waals surface area contributed by atoms with Crippen LogP contribution in [0.4, 0.5) is 0 Å². The summed E-state index contributed by atoms with van der Waals surface area (Å²) in [5, 5.41) is 55.9. The molecule has 0 bridgehead atoms. The number of carbonyl (C=O) groups is 1. The van der Waals surface area contributed by atoms with E-state index in [1.54, 1.807) is 0 Å². The van der Waals surface area contributed by atoms with Crippen LogP contribution in [-0.4, -0.2) is 55.4 Å². The number of carboxylic acid groups (broad SMARTS) is 1. The van der Waals surface area contributed by atoms with Gasteiger partial charge in [-0.2, -0.15) is 0 Å². The quantitative estimate of drug-likeness (QED) is 0.343. The highest BCUT2D eigenvalue weighted by atomic mass is 16.4. The van der Waals surface area contributed by atoms with Crippen LogP contribution in [0.1, 0.15) is 93.4 Å². The summed E-state index contributed by atoms with van der Waals surface area (Å²) < 4.78 is 0. The Hall–Kier alpha value is -0.950. The van der Waals surface area contributed by atoms with Gasteiger partial charge in [0.05, 0.1) is 23.2 Å². The molecule has 0 aliphatic heterocycles. The van der Waals surface area contributed by atoms with Gasteiger partial charge in [0.2, 0.25) is 0 Å². The maximum Gasteiger partial charge on any atom is 0.310 e. The molecule has 0 aromatic heterocycles. The Morgan fingerprint density at radius 3 is 2.14 bits per heavy atom. The maximum absolute atomic E-state index is 12.8. The molecule has 0 radical (unpaired) electrons. The summed E-state index contributed by atoms with van der Waals surface area (Å²) in [7, 11) is 0. The molecule has 12 atom stereocenters. The standard InChI is InChI=1S/C30H48O6/c1-16-10-13-30(24(34)35)15-14-26(4)17(21(30)29(16,7)36)8-9-19-27(26,5)12-11-18-25(2,3)22(32)20(31)23(33)28(18,19)6/h8,16,18-23,31-33,36H,9-15H2,1-7H3,(H,34,35)/t16-,18+,19+,20+,21+,22+,23+,26-,27-,28+,29-,30+/m1/s1. The summed E-state index contributed by atoms with van der Waals surface area (Å²) >= 11 is 0. The van der Waals surface area contributed by atoms with Crippen LogP contribution >= 0.6 is 0 Å². The number of rotatable bonds is 1. The molecule has 0 saturated heterocycles. The number of aliphatic hydroxyl groups is 4. The second-order valence-electron chi connectivity index (χ2n) is 14.9. The van der Waals surface area contributed by atoms with Gasteiger partial charge in [-0.25, -0.2) is 0 Å². The molecular weight excluding hydrogens is 456 g/mol. The van der Waals surface area contributed by atoms with E-state index < -0.39 is 52.0 Å². The number of aliphatic hydroxyl groups excluding tert-OH is 3. The van der Waals surface area contributed by atoms with Gasteiger partial charge in [-0.3, -0.25) is 4.79 Å². The first-order valence-corrected chi connectivity index (χ1v) is 14.1. The van der Waals surface area contributed by atoms with Crippen LogP contribution in [-0.2, 0) is 4.79 Å². The molecule has 0 spiro atoms. The van der Waals surface area contributed by atoms with E-state index in [1.165, 1.54) is 0 Å². The predicted molar refractivity (Wildman–Crippen MR) is 137 cm³/mol. The van der Waals surface area contributed by atoms with Crippen LogP contribution in [0.2, 0.25) is 0 Å². The summed E-state index contributed by atoms with van der Waals surface area (Å²) in [5.41, 5.74) is -2.63. The molecule has 0 aromatic carbocycles. The van der Waals surface area contributed by atoms with E-state index in [9.17, 15) is 30.3 Å². The smallest absolute Gasteiger partial charge is 0.310 e. The molecule has 6 heteroatoms. The van der Waals surface area contributed by atoms with E-state index in [0.717, 1.165) is 24.8 Å². The Bertz CT molecular complexity index is 986. The summed E-state index contributed by atoms with van der Waals surface area (Å²) in [4.78, 5) is 12.8. The van der Waals surface area contributed by atoms with Crippen LogP contribution in [0, 0.1) is 50.7 Å². The Kier molecular flexibility index (Phi) is 5.61. The molecule has 5 aliphatic rings. The normalized spacial score (nSPS) is 58.0. The first-order valence-electron chi connectivity index (χ1n) is 14.1. The zero-order valence-corrected chi connectivity index (χ0v) is 23.2. The fourth-order valence-electron chi connectivity index (χ4n) is 10.9. The predicted octanol–water partition coefficient (Wildman–Crippen LogP) is 4.15. The van der Waals surface area contributed by atoms with Crippen molar-refractivity contribution in [3.63, 3.8) is 0 Å². The van der Waals surface area contributed by atoms with E-state index in [0.29, 0.717) is 25.7 Å². The molecule has 0 heterocycles. The SMILES string of the molecule is C[C@@H]1CC[C@]2(C(=O)O)CC[C@]3(C)C(=CC[C@@H]4[C@@]5(C)[C@@H](O)[C@@H](O)[C@H](O)C(C)(C)[C@@H]5CC[C@]43C)[C@H]2[C@]1(C)O. The minimum Gasteiger partial charge on any atom is -0.481 e.